The summed E-state index contributed by atoms with van der Waals surface area (Å²) >= 11 is 0. The first-order chi connectivity index (χ1) is 17.8. The summed E-state index contributed by atoms with van der Waals surface area (Å²) < 4.78 is 47.9. The van der Waals surface area contributed by atoms with Crippen LogP contribution in [0.25, 0.3) is 16.8 Å². The van der Waals surface area contributed by atoms with Crippen LogP contribution in [-0.4, -0.2) is 41.7 Å². The van der Waals surface area contributed by atoms with Crippen LogP contribution in [0.4, 0.5) is 0 Å². The second-order valence-corrected chi connectivity index (χ2v) is 10.8. The molecule has 0 spiro atoms. The fourth-order valence-electron chi connectivity index (χ4n) is 4.59. The maximum Gasteiger partial charge on any atom is 0.244 e. The van der Waals surface area contributed by atoms with Crippen molar-refractivity contribution in [3.8, 4) is 28.3 Å². The van der Waals surface area contributed by atoms with Crippen LogP contribution in [0.1, 0.15) is 42.8 Å². The van der Waals surface area contributed by atoms with Crippen LogP contribution in [0, 0.1) is 13.8 Å². The molecule has 0 aliphatic heterocycles. The standard InChI is InChI=1S/C26H29N5O5S/c1-17-26(18(2)36-28-17)19-8-13-24(25(14-19)37(32,33)29-20-6-4-5-7-20)35-16-21-15-31(30-27-21)22-9-11-23(34-3)12-10-22/h8-15,20,29H,4-7,16H2,1-3H3. The third kappa shape index (κ3) is 5.37. The Balaban J connectivity index is 1.42. The molecular formula is C26H29N5O5S. The summed E-state index contributed by atoms with van der Waals surface area (Å²) in [5.41, 5.74) is 3.52. The Morgan fingerprint density at radius 2 is 1.86 bits per heavy atom. The Kier molecular flexibility index (Phi) is 6.98. The van der Waals surface area contributed by atoms with Crippen molar-refractivity contribution in [2.24, 2.45) is 0 Å². The summed E-state index contributed by atoms with van der Waals surface area (Å²) in [6.07, 6.45) is 5.42. The molecule has 10 nitrogen and oxygen atoms in total. The molecule has 1 aliphatic rings. The summed E-state index contributed by atoms with van der Waals surface area (Å²) in [6, 6.07) is 12.4. The molecule has 1 N–H and O–H groups in total. The van der Waals surface area contributed by atoms with Gasteiger partial charge in [-0.3, -0.25) is 0 Å². The van der Waals surface area contributed by atoms with E-state index in [0.29, 0.717) is 22.7 Å². The van der Waals surface area contributed by atoms with Gasteiger partial charge in [-0.15, -0.1) is 5.10 Å². The van der Waals surface area contributed by atoms with E-state index in [9.17, 15) is 8.42 Å². The van der Waals surface area contributed by atoms with Gasteiger partial charge >= 0.3 is 0 Å². The van der Waals surface area contributed by atoms with E-state index in [4.69, 9.17) is 14.0 Å². The smallest absolute Gasteiger partial charge is 0.244 e. The lowest BCUT2D eigenvalue weighted by Gasteiger charge is -2.16. The maximum atomic E-state index is 13.5. The minimum Gasteiger partial charge on any atom is -0.497 e. The highest BCUT2D eigenvalue weighted by atomic mass is 32.2. The van der Waals surface area contributed by atoms with E-state index < -0.39 is 10.0 Å². The third-order valence-corrected chi connectivity index (χ3v) is 8.03. The third-order valence-electron chi connectivity index (χ3n) is 6.49. The van der Waals surface area contributed by atoms with Gasteiger partial charge in [-0.1, -0.05) is 29.3 Å². The Hall–Kier alpha value is -3.70. The second kappa shape index (κ2) is 10.3. The summed E-state index contributed by atoms with van der Waals surface area (Å²) in [6.45, 7) is 3.68. The van der Waals surface area contributed by atoms with Crippen LogP contribution < -0.4 is 14.2 Å². The molecule has 11 heteroatoms. The van der Waals surface area contributed by atoms with Gasteiger partial charge in [0.2, 0.25) is 10.0 Å². The van der Waals surface area contributed by atoms with Crippen molar-refractivity contribution in [2.45, 2.75) is 57.1 Å². The lowest BCUT2D eigenvalue weighted by Crippen LogP contribution is -2.33. The van der Waals surface area contributed by atoms with Gasteiger partial charge in [-0.2, -0.15) is 0 Å². The Morgan fingerprint density at radius 1 is 1.11 bits per heavy atom. The highest BCUT2D eigenvalue weighted by molar-refractivity contribution is 7.89. The molecule has 4 aromatic rings. The minimum atomic E-state index is -3.84. The topological polar surface area (TPSA) is 121 Å². The Bertz CT molecular complexity index is 1470. The van der Waals surface area contributed by atoms with Gasteiger partial charge < -0.3 is 14.0 Å². The van der Waals surface area contributed by atoms with E-state index in [-0.39, 0.29) is 23.3 Å². The molecule has 2 heterocycles. The number of aryl methyl sites for hydroxylation is 2. The largest absolute Gasteiger partial charge is 0.497 e. The molecule has 2 aromatic heterocycles. The molecule has 2 aromatic carbocycles. The van der Waals surface area contributed by atoms with Crippen molar-refractivity contribution in [3.05, 3.63) is 65.8 Å². The first kappa shape index (κ1) is 25.0. The SMILES string of the molecule is COc1ccc(-n2cc(COc3ccc(-c4c(C)noc4C)cc3S(=O)(=O)NC3CCCC3)nn2)cc1. The summed E-state index contributed by atoms with van der Waals surface area (Å²) in [7, 11) is -2.23. The van der Waals surface area contributed by atoms with E-state index in [1.54, 1.807) is 37.0 Å². The monoisotopic (exact) mass is 523 g/mol. The van der Waals surface area contributed by atoms with Crippen LogP contribution in [0.2, 0.25) is 0 Å². The molecule has 1 fully saturated rings. The fraction of sp³-hybridized carbons (Fsp3) is 0.346. The molecule has 0 atom stereocenters. The van der Waals surface area contributed by atoms with Crippen molar-refractivity contribution in [1.82, 2.24) is 24.9 Å². The maximum absolute atomic E-state index is 13.5. The van der Waals surface area contributed by atoms with Gasteiger partial charge in [0.05, 0.1) is 24.7 Å². The van der Waals surface area contributed by atoms with Crippen LogP contribution in [0.3, 0.4) is 0 Å². The van der Waals surface area contributed by atoms with Gasteiger partial charge in [-0.05, 0) is 68.7 Å². The molecule has 0 amide bonds. The number of ether oxygens (including phenoxy) is 2. The molecule has 0 bridgehead atoms. The predicted octanol–water partition coefficient (Wildman–Crippen LogP) is 4.35. The number of hydrogen-bond donors (Lipinski definition) is 1. The number of hydrogen-bond acceptors (Lipinski definition) is 8. The van der Waals surface area contributed by atoms with Gasteiger partial charge in [0.25, 0.3) is 0 Å². The van der Waals surface area contributed by atoms with E-state index in [2.05, 4.69) is 20.2 Å². The summed E-state index contributed by atoms with van der Waals surface area (Å²) in [4.78, 5) is 0.0689. The molecule has 5 rings (SSSR count). The molecular weight excluding hydrogens is 494 g/mol. The van der Waals surface area contributed by atoms with Crippen molar-refractivity contribution < 1.29 is 22.4 Å². The van der Waals surface area contributed by atoms with Crippen molar-refractivity contribution in [2.75, 3.05) is 7.11 Å². The van der Waals surface area contributed by atoms with Crippen LogP contribution >= 0.6 is 0 Å². The molecule has 0 saturated heterocycles. The molecule has 0 unspecified atom stereocenters. The first-order valence-corrected chi connectivity index (χ1v) is 13.6. The second-order valence-electron chi connectivity index (χ2n) is 9.10. The van der Waals surface area contributed by atoms with Gasteiger partial charge in [-0.25, -0.2) is 17.8 Å². The number of benzene rings is 2. The molecule has 1 saturated carbocycles. The van der Waals surface area contributed by atoms with Gasteiger partial charge in [0.1, 0.15) is 34.5 Å². The first-order valence-electron chi connectivity index (χ1n) is 12.1. The number of aromatic nitrogens is 4. The number of nitrogens with one attached hydrogen (secondary N) is 1. The average molecular weight is 524 g/mol. The van der Waals surface area contributed by atoms with E-state index in [0.717, 1.165) is 42.7 Å². The highest BCUT2D eigenvalue weighted by Crippen LogP contribution is 2.34. The van der Waals surface area contributed by atoms with Gasteiger partial charge in [0.15, 0.2) is 0 Å². The minimum absolute atomic E-state index is 0.0484. The number of sulfonamides is 1. The lowest BCUT2D eigenvalue weighted by atomic mass is 10.0. The molecule has 0 radical (unpaired) electrons. The summed E-state index contributed by atoms with van der Waals surface area (Å²) in [5.74, 6) is 1.60. The van der Waals surface area contributed by atoms with Gasteiger partial charge in [0, 0.05) is 11.6 Å². The van der Waals surface area contributed by atoms with E-state index >= 15 is 0 Å². The Labute approximate surface area is 215 Å². The van der Waals surface area contributed by atoms with Crippen molar-refractivity contribution in [1.29, 1.82) is 0 Å². The van der Waals surface area contributed by atoms with Crippen molar-refractivity contribution >= 4 is 10.0 Å². The zero-order valence-corrected chi connectivity index (χ0v) is 21.8. The number of methoxy groups -OCH3 is 1. The lowest BCUT2D eigenvalue weighted by molar-refractivity contribution is 0.293. The average Bonchev–Trinajstić information content (AvgIpc) is 3.65. The summed E-state index contributed by atoms with van der Waals surface area (Å²) in [5, 5.41) is 12.3. The Morgan fingerprint density at radius 3 is 2.54 bits per heavy atom. The molecule has 194 valence electrons. The normalized spacial score (nSPS) is 14.2. The predicted molar refractivity (Wildman–Crippen MR) is 136 cm³/mol. The fourth-order valence-corrected chi connectivity index (χ4v) is 6.07. The van der Waals surface area contributed by atoms with Crippen LogP contribution in [0.5, 0.6) is 11.5 Å². The molecule has 37 heavy (non-hydrogen) atoms. The number of rotatable bonds is 9. The molecule has 1 aliphatic carbocycles. The zero-order valence-electron chi connectivity index (χ0n) is 21.0. The van der Waals surface area contributed by atoms with Crippen molar-refractivity contribution in [3.63, 3.8) is 0 Å². The highest BCUT2D eigenvalue weighted by Gasteiger charge is 2.27. The quantitative estimate of drug-likeness (QED) is 0.344. The van der Waals surface area contributed by atoms with E-state index in [1.165, 1.54) is 0 Å². The van der Waals surface area contributed by atoms with Crippen LogP contribution in [0.15, 0.2) is 58.1 Å². The zero-order chi connectivity index (χ0) is 26.0. The van der Waals surface area contributed by atoms with Crippen LogP contribution in [-0.2, 0) is 16.6 Å². The number of nitrogens with zero attached hydrogens (tertiary/aromatic N) is 4. The van der Waals surface area contributed by atoms with E-state index in [1.807, 2.05) is 37.3 Å².